The van der Waals surface area contributed by atoms with Crippen molar-refractivity contribution in [3.8, 4) is 17.2 Å². The molecule has 0 atom stereocenters. The van der Waals surface area contributed by atoms with Crippen LogP contribution in [0.1, 0.15) is 30.4 Å². The van der Waals surface area contributed by atoms with Gasteiger partial charge in [-0.2, -0.15) is 0 Å². The Morgan fingerprint density at radius 2 is 1.80 bits per heavy atom. The first-order valence-electron chi connectivity index (χ1n) is 13.3. The molecular weight excluding hydrogens is 596 g/mol. The predicted molar refractivity (Wildman–Crippen MR) is 161 cm³/mol. The average molecular weight is 630 g/mol. The highest BCUT2D eigenvalue weighted by Crippen LogP contribution is 2.30. The summed E-state index contributed by atoms with van der Waals surface area (Å²) in [5, 5.41) is 16.5. The summed E-state index contributed by atoms with van der Waals surface area (Å²) in [6, 6.07) is 21.8. The minimum Gasteiger partial charge on any atom is -0.493 e. The lowest BCUT2D eigenvalue weighted by Crippen LogP contribution is -2.28. The largest absolute Gasteiger partial charge is 0.493 e. The highest BCUT2D eigenvalue weighted by atomic mass is 79.9. The molecule has 0 unspecified atom stereocenters. The zero-order chi connectivity index (χ0) is 28.3. The molecule has 1 saturated carbocycles. The van der Waals surface area contributed by atoms with E-state index in [9.17, 15) is 9.90 Å². The van der Waals surface area contributed by atoms with E-state index in [2.05, 4.69) is 44.8 Å². The lowest BCUT2D eigenvalue weighted by molar-refractivity contribution is -0.132. The van der Waals surface area contributed by atoms with Crippen LogP contribution in [0.5, 0.6) is 17.2 Å². The lowest BCUT2D eigenvalue weighted by atomic mass is 9.94. The molecule has 1 aliphatic carbocycles. The third-order valence-corrected chi connectivity index (χ3v) is 7.54. The normalized spacial score (nSPS) is 14.7. The van der Waals surface area contributed by atoms with Gasteiger partial charge in [-0.3, -0.25) is 0 Å². The van der Waals surface area contributed by atoms with Gasteiger partial charge < -0.3 is 30.0 Å². The van der Waals surface area contributed by atoms with E-state index in [0.29, 0.717) is 54.0 Å². The van der Waals surface area contributed by atoms with Crippen LogP contribution in [-0.2, 0) is 11.3 Å². The quantitative estimate of drug-likeness (QED) is 0.213. The molecular formula is C31H34BrClN2O5. The fourth-order valence-corrected chi connectivity index (χ4v) is 4.81. The molecule has 212 valence electrons. The smallest absolute Gasteiger partial charge is 0.333 e. The fourth-order valence-electron chi connectivity index (χ4n) is 4.22. The first-order chi connectivity index (χ1) is 19.4. The highest BCUT2D eigenvalue weighted by molar-refractivity contribution is 9.10. The highest BCUT2D eigenvalue weighted by Gasteiger charge is 2.20. The van der Waals surface area contributed by atoms with Gasteiger partial charge in [0.2, 0.25) is 0 Å². The van der Waals surface area contributed by atoms with Gasteiger partial charge in [0.25, 0.3) is 0 Å². The van der Waals surface area contributed by atoms with E-state index in [4.69, 9.17) is 25.8 Å². The van der Waals surface area contributed by atoms with Gasteiger partial charge in [-0.05, 0) is 72.8 Å². The topological polar surface area (TPSA) is 89.0 Å². The Hall–Kier alpha value is -3.04. The maximum atomic E-state index is 11.4. The van der Waals surface area contributed by atoms with Crippen LogP contribution in [-0.4, -0.2) is 50.5 Å². The molecule has 0 bridgehead atoms. The fraction of sp³-hybridized carbons (Fsp3) is 0.323. The Balaban J connectivity index is 0.000000255. The SMILES string of the molecule is Brc1ccccc1CNC1CC1.COc1ccc(Cl)cc1OCCOc1ccc(C2=C(C(=O)O)CNCC2)cc1. The Morgan fingerprint density at radius 1 is 1.05 bits per heavy atom. The summed E-state index contributed by atoms with van der Waals surface area (Å²) in [5.41, 5.74) is 3.55. The Morgan fingerprint density at radius 3 is 2.50 bits per heavy atom. The molecule has 0 saturated heterocycles. The predicted octanol–water partition coefficient (Wildman–Crippen LogP) is 6.34. The number of aliphatic carboxylic acids is 1. The van der Waals surface area contributed by atoms with Gasteiger partial charge in [-0.15, -0.1) is 0 Å². The van der Waals surface area contributed by atoms with Crippen molar-refractivity contribution in [3.05, 3.63) is 92.9 Å². The minimum atomic E-state index is -0.879. The van der Waals surface area contributed by atoms with Crippen LogP contribution in [0.4, 0.5) is 0 Å². The molecule has 0 spiro atoms. The number of halogens is 2. The first kappa shape index (κ1) is 29.9. The van der Waals surface area contributed by atoms with E-state index in [0.717, 1.165) is 30.3 Å². The van der Waals surface area contributed by atoms with Crippen LogP contribution >= 0.6 is 27.5 Å². The van der Waals surface area contributed by atoms with Crippen LogP contribution in [0.25, 0.3) is 5.57 Å². The molecule has 9 heteroatoms. The number of hydrogen-bond donors (Lipinski definition) is 3. The van der Waals surface area contributed by atoms with Crippen molar-refractivity contribution >= 4 is 39.1 Å². The van der Waals surface area contributed by atoms with E-state index >= 15 is 0 Å². The van der Waals surface area contributed by atoms with Gasteiger partial charge in [-0.1, -0.05) is 57.9 Å². The number of hydrogen-bond acceptors (Lipinski definition) is 6. The van der Waals surface area contributed by atoms with Crippen molar-refractivity contribution in [1.82, 2.24) is 10.6 Å². The van der Waals surface area contributed by atoms with Gasteiger partial charge in [0.15, 0.2) is 11.5 Å². The molecule has 3 N–H and O–H groups in total. The summed E-state index contributed by atoms with van der Waals surface area (Å²) >= 11 is 9.51. The van der Waals surface area contributed by atoms with Crippen LogP contribution in [0.15, 0.2) is 76.8 Å². The summed E-state index contributed by atoms with van der Waals surface area (Å²) in [6.45, 7) is 2.83. The van der Waals surface area contributed by atoms with Crippen LogP contribution in [0, 0.1) is 0 Å². The third-order valence-electron chi connectivity index (χ3n) is 6.53. The second kappa shape index (κ2) is 15.1. The van der Waals surface area contributed by atoms with Gasteiger partial charge in [0, 0.05) is 34.7 Å². The summed E-state index contributed by atoms with van der Waals surface area (Å²) in [7, 11) is 1.57. The molecule has 40 heavy (non-hydrogen) atoms. The molecule has 0 radical (unpaired) electrons. The molecule has 2 aliphatic rings. The number of benzene rings is 3. The maximum Gasteiger partial charge on any atom is 0.333 e. The average Bonchev–Trinajstić information content (AvgIpc) is 3.80. The summed E-state index contributed by atoms with van der Waals surface area (Å²) in [6.07, 6.45) is 3.39. The van der Waals surface area contributed by atoms with Crippen molar-refractivity contribution < 1.29 is 24.1 Å². The number of carboxylic acids is 1. The van der Waals surface area contributed by atoms with Crippen molar-refractivity contribution in [2.75, 3.05) is 33.4 Å². The Kier molecular flexibility index (Phi) is 11.3. The number of ether oxygens (including phenoxy) is 3. The molecule has 1 fully saturated rings. The van der Waals surface area contributed by atoms with Gasteiger partial charge in [0.1, 0.15) is 19.0 Å². The Bertz CT molecular complexity index is 1310. The van der Waals surface area contributed by atoms with Crippen molar-refractivity contribution in [2.24, 2.45) is 0 Å². The standard InChI is InChI=1S/C21H22ClNO5.C10H12BrN/c1-26-19-7-4-15(22)12-20(19)28-11-10-27-16-5-2-14(3-6-16)17-8-9-23-13-18(17)21(24)25;11-10-4-2-1-3-8(10)7-12-9-5-6-9/h2-7,12,23H,8-11,13H2,1H3,(H,24,25);1-4,9,12H,5-7H2. The third kappa shape index (κ3) is 8.99. The maximum absolute atomic E-state index is 11.4. The summed E-state index contributed by atoms with van der Waals surface area (Å²) in [4.78, 5) is 11.4. The summed E-state index contributed by atoms with van der Waals surface area (Å²) < 4.78 is 17.8. The monoisotopic (exact) mass is 628 g/mol. The number of nitrogens with one attached hydrogen (secondary N) is 2. The summed E-state index contributed by atoms with van der Waals surface area (Å²) in [5.74, 6) is 0.985. The number of carbonyl (C=O) groups is 1. The van der Waals surface area contributed by atoms with E-state index in [1.54, 1.807) is 25.3 Å². The Labute approximate surface area is 248 Å². The zero-order valence-electron chi connectivity index (χ0n) is 22.4. The zero-order valence-corrected chi connectivity index (χ0v) is 24.8. The molecule has 0 amide bonds. The van der Waals surface area contributed by atoms with Crippen molar-refractivity contribution in [3.63, 3.8) is 0 Å². The van der Waals surface area contributed by atoms with E-state index < -0.39 is 5.97 Å². The molecule has 7 nitrogen and oxygen atoms in total. The molecule has 0 aromatic heterocycles. The molecule has 1 aliphatic heterocycles. The number of methoxy groups -OCH3 is 1. The van der Waals surface area contributed by atoms with Gasteiger partial charge in [-0.25, -0.2) is 4.79 Å². The van der Waals surface area contributed by atoms with Crippen LogP contribution in [0.2, 0.25) is 5.02 Å². The van der Waals surface area contributed by atoms with E-state index in [1.807, 2.05) is 30.3 Å². The van der Waals surface area contributed by atoms with Crippen LogP contribution in [0.3, 0.4) is 0 Å². The van der Waals surface area contributed by atoms with Crippen molar-refractivity contribution in [1.29, 1.82) is 0 Å². The molecule has 3 aromatic rings. The van der Waals surface area contributed by atoms with Gasteiger partial charge >= 0.3 is 5.97 Å². The minimum absolute atomic E-state index is 0.332. The molecule has 5 rings (SSSR count). The lowest BCUT2D eigenvalue weighted by Gasteiger charge is -2.19. The second-order valence-corrected chi connectivity index (χ2v) is 10.7. The van der Waals surface area contributed by atoms with Crippen LogP contribution < -0.4 is 24.8 Å². The number of rotatable bonds is 11. The first-order valence-corrected chi connectivity index (χ1v) is 14.4. The van der Waals surface area contributed by atoms with E-state index in [-0.39, 0.29) is 0 Å². The van der Waals surface area contributed by atoms with Gasteiger partial charge in [0.05, 0.1) is 12.7 Å². The number of carboxylic acid groups (broad SMARTS) is 1. The van der Waals surface area contributed by atoms with Crippen molar-refractivity contribution in [2.45, 2.75) is 31.8 Å². The second-order valence-electron chi connectivity index (χ2n) is 9.45. The van der Waals surface area contributed by atoms with E-state index in [1.165, 1.54) is 22.9 Å². The molecule has 3 aromatic carbocycles. The molecule has 1 heterocycles.